The van der Waals surface area contributed by atoms with Crippen LogP contribution in [0.15, 0.2) is 24.4 Å². The number of carbonyl (C=O) groups excluding carboxylic acids is 1. The lowest BCUT2D eigenvalue weighted by atomic mass is 10.1. The van der Waals surface area contributed by atoms with Gasteiger partial charge in [-0.25, -0.2) is 14.8 Å². The Bertz CT molecular complexity index is 691. The lowest BCUT2D eigenvalue weighted by molar-refractivity contribution is 0.150. The molecule has 1 aromatic heterocycles. The van der Waals surface area contributed by atoms with Crippen molar-refractivity contribution in [1.29, 1.82) is 0 Å². The molecule has 1 atom stereocenters. The van der Waals surface area contributed by atoms with Crippen LogP contribution in [0, 0.1) is 0 Å². The zero-order chi connectivity index (χ0) is 18.1. The van der Waals surface area contributed by atoms with Crippen LogP contribution in [0.25, 0.3) is 10.9 Å². The standard InChI is InChI=1S/C19H27N3O3/c1-3-4-5-6-7-10-24-16-8-9-17-15(11-16)12-21-18(22-17)14(2)13-25-19(20)23/h8-9,11-12,14H,3-7,10,13H2,1-2H3,(H2,20,23)/t14-/m1/s1. The van der Waals surface area contributed by atoms with E-state index in [1.54, 1.807) is 6.20 Å². The molecule has 2 N–H and O–H groups in total. The molecule has 2 aromatic rings. The molecule has 0 aliphatic rings. The van der Waals surface area contributed by atoms with Crippen LogP contribution in [0.3, 0.4) is 0 Å². The van der Waals surface area contributed by atoms with Crippen LogP contribution in [0.5, 0.6) is 5.75 Å². The molecule has 2 rings (SSSR count). The first kappa shape index (κ1) is 19.0. The van der Waals surface area contributed by atoms with Gasteiger partial charge in [0.2, 0.25) is 0 Å². The second-order valence-electron chi connectivity index (χ2n) is 6.24. The molecular weight excluding hydrogens is 318 g/mol. The Morgan fingerprint density at radius 3 is 2.80 bits per heavy atom. The first-order valence-electron chi connectivity index (χ1n) is 8.92. The number of aromatic nitrogens is 2. The summed E-state index contributed by atoms with van der Waals surface area (Å²) in [4.78, 5) is 19.6. The third-order valence-electron chi connectivity index (χ3n) is 4.00. The zero-order valence-corrected chi connectivity index (χ0v) is 15.0. The molecule has 1 aromatic carbocycles. The highest BCUT2D eigenvalue weighted by atomic mass is 16.5. The second kappa shape index (κ2) is 9.81. The SMILES string of the molecule is CCCCCCCOc1ccc2nc([C@H](C)COC(N)=O)ncc2c1. The topological polar surface area (TPSA) is 87.3 Å². The van der Waals surface area contributed by atoms with Gasteiger partial charge in [-0.05, 0) is 24.6 Å². The Labute approximate surface area is 148 Å². The fourth-order valence-electron chi connectivity index (χ4n) is 2.53. The zero-order valence-electron chi connectivity index (χ0n) is 15.0. The number of hydrogen-bond donors (Lipinski definition) is 1. The van der Waals surface area contributed by atoms with Gasteiger partial charge in [-0.15, -0.1) is 0 Å². The summed E-state index contributed by atoms with van der Waals surface area (Å²) in [6, 6.07) is 5.81. The van der Waals surface area contributed by atoms with Crippen molar-refractivity contribution in [1.82, 2.24) is 9.97 Å². The molecule has 0 aliphatic carbocycles. The number of fused-ring (bicyclic) bond motifs is 1. The Morgan fingerprint density at radius 2 is 2.04 bits per heavy atom. The highest BCUT2D eigenvalue weighted by Gasteiger charge is 2.12. The molecule has 136 valence electrons. The van der Waals surface area contributed by atoms with Crippen LogP contribution < -0.4 is 10.5 Å². The summed E-state index contributed by atoms with van der Waals surface area (Å²) in [5.74, 6) is 1.35. The summed E-state index contributed by atoms with van der Waals surface area (Å²) in [7, 11) is 0. The van der Waals surface area contributed by atoms with Gasteiger partial charge < -0.3 is 15.2 Å². The van der Waals surface area contributed by atoms with Gasteiger partial charge in [0.1, 0.15) is 18.2 Å². The highest BCUT2D eigenvalue weighted by molar-refractivity contribution is 5.79. The maximum atomic E-state index is 10.7. The summed E-state index contributed by atoms with van der Waals surface area (Å²) in [5.41, 5.74) is 5.82. The number of nitrogens with zero attached hydrogens (tertiary/aromatic N) is 2. The first-order valence-corrected chi connectivity index (χ1v) is 8.92. The van der Waals surface area contributed by atoms with Crippen LogP contribution in [-0.2, 0) is 4.74 Å². The fraction of sp³-hybridized carbons (Fsp3) is 0.526. The second-order valence-corrected chi connectivity index (χ2v) is 6.24. The number of carbonyl (C=O) groups is 1. The van der Waals surface area contributed by atoms with Crippen molar-refractivity contribution in [3.63, 3.8) is 0 Å². The van der Waals surface area contributed by atoms with E-state index in [2.05, 4.69) is 16.9 Å². The van der Waals surface area contributed by atoms with Gasteiger partial charge in [-0.3, -0.25) is 0 Å². The molecule has 1 heterocycles. The summed E-state index contributed by atoms with van der Waals surface area (Å²) < 4.78 is 10.6. The summed E-state index contributed by atoms with van der Waals surface area (Å²) in [6.07, 6.45) is 7.07. The minimum Gasteiger partial charge on any atom is -0.494 e. The van der Waals surface area contributed by atoms with Crippen molar-refractivity contribution < 1.29 is 14.3 Å². The molecule has 0 unspecified atom stereocenters. The van der Waals surface area contributed by atoms with E-state index in [9.17, 15) is 4.79 Å². The van der Waals surface area contributed by atoms with Crippen LogP contribution in [0.1, 0.15) is 57.7 Å². The minimum absolute atomic E-state index is 0.115. The van der Waals surface area contributed by atoms with Crippen molar-refractivity contribution in [2.75, 3.05) is 13.2 Å². The number of amides is 1. The number of hydrogen-bond acceptors (Lipinski definition) is 5. The van der Waals surface area contributed by atoms with Gasteiger partial charge in [0.15, 0.2) is 0 Å². The van der Waals surface area contributed by atoms with Crippen LogP contribution in [-0.4, -0.2) is 29.3 Å². The molecule has 0 aliphatic heterocycles. The maximum Gasteiger partial charge on any atom is 0.404 e. The lowest BCUT2D eigenvalue weighted by Gasteiger charge is -2.11. The fourth-order valence-corrected chi connectivity index (χ4v) is 2.53. The van der Waals surface area contributed by atoms with Crippen molar-refractivity contribution in [2.45, 2.75) is 51.9 Å². The third kappa shape index (κ3) is 6.21. The molecule has 0 saturated carbocycles. The molecule has 6 nitrogen and oxygen atoms in total. The molecule has 0 saturated heterocycles. The van der Waals surface area contributed by atoms with Crippen LogP contribution in [0.2, 0.25) is 0 Å². The monoisotopic (exact) mass is 345 g/mol. The Morgan fingerprint density at radius 1 is 1.24 bits per heavy atom. The normalized spacial score (nSPS) is 12.1. The Kier molecular flexibility index (Phi) is 7.44. The molecule has 1 amide bonds. The van der Waals surface area contributed by atoms with Crippen molar-refractivity contribution in [3.05, 3.63) is 30.2 Å². The third-order valence-corrected chi connectivity index (χ3v) is 4.00. The Balaban J connectivity index is 1.92. The average Bonchev–Trinajstić information content (AvgIpc) is 2.62. The summed E-state index contributed by atoms with van der Waals surface area (Å²) in [5, 5.41) is 0.926. The van der Waals surface area contributed by atoms with Gasteiger partial charge in [-0.2, -0.15) is 0 Å². The quantitative estimate of drug-likeness (QED) is 0.653. The molecule has 0 bridgehead atoms. The van der Waals surface area contributed by atoms with E-state index in [1.807, 2.05) is 25.1 Å². The number of unbranched alkanes of at least 4 members (excludes halogenated alkanes) is 4. The van der Waals surface area contributed by atoms with Crippen molar-refractivity contribution in [3.8, 4) is 5.75 Å². The maximum absolute atomic E-state index is 10.7. The minimum atomic E-state index is -0.788. The Hall–Kier alpha value is -2.37. The van der Waals surface area contributed by atoms with Crippen molar-refractivity contribution >= 4 is 17.0 Å². The lowest BCUT2D eigenvalue weighted by Crippen LogP contribution is -2.17. The summed E-state index contributed by atoms with van der Waals surface area (Å²) >= 11 is 0. The van der Waals surface area contributed by atoms with Gasteiger partial charge >= 0.3 is 6.09 Å². The molecule has 0 radical (unpaired) electrons. The smallest absolute Gasteiger partial charge is 0.404 e. The van der Waals surface area contributed by atoms with E-state index in [-0.39, 0.29) is 12.5 Å². The number of rotatable bonds is 10. The van der Waals surface area contributed by atoms with E-state index >= 15 is 0 Å². The number of nitrogens with two attached hydrogens (primary N) is 1. The van der Waals surface area contributed by atoms with Gasteiger partial charge in [0.25, 0.3) is 0 Å². The molecule has 0 fully saturated rings. The first-order chi connectivity index (χ1) is 12.1. The van der Waals surface area contributed by atoms with Gasteiger partial charge in [-0.1, -0.05) is 39.5 Å². The van der Waals surface area contributed by atoms with Gasteiger partial charge in [0, 0.05) is 11.6 Å². The van der Waals surface area contributed by atoms with Gasteiger partial charge in [0.05, 0.1) is 18.0 Å². The van der Waals surface area contributed by atoms with E-state index in [4.69, 9.17) is 15.2 Å². The number of ether oxygens (including phenoxy) is 2. The van der Waals surface area contributed by atoms with Crippen molar-refractivity contribution in [2.24, 2.45) is 5.73 Å². The predicted octanol–water partition coefficient (Wildman–Crippen LogP) is 4.18. The van der Waals surface area contributed by atoms with E-state index in [0.717, 1.165) is 29.7 Å². The number of benzene rings is 1. The predicted molar refractivity (Wildman–Crippen MR) is 97.7 cm³/mol. The highest BCUT2D eigenvalue weighted by Crippen LogP contribution is 2.21. The largest absolute Gasteiger partial charge is 0.494 e. The molecular formula is C19H27N3O3. The average molecular weight is 345 g/mol. The van der Waals surface area contributed by atoms with E-state index in [0.29, 0.717) is 5.82 Å². The van der Waals surface area contributed by atoms with E-state index < -0.39 is 6.09 Å². The van der Waals surface area contributed by atoms with E-state index in [1.165, 1.54) is 25.7 Å². The van der Waals surface area contributed by atoms with Crippen LogP contribution >= 0.6 is 0 Å². The number of primary amides is 1. The molecule has 25 heavy (non-hydrogen) atoms. The summed E-state index contributed by atoms with van der Waals surface area (Å²) in [6.45, 7) is 5.00. The molecule has 6 heteroatoms. The molecule has 0 spiro atoms. The van der Waals surface area contributed by atoms with Crippen LogP contribution in [0.4, 0.5) is 4.79 Å².